The van der Waals surface area contributed by atoms with Crippen molar-refractivity contribution in [2.75, 3.05) is 11.2 Å². The Balaban J connectivity index is 2.10. The van der Waals surface area contributed by atoms with Crippen LogP contribution in [-0.2, 0) is 4.79 Å². The van der Waals surface area contributed by atoms with Crippen molar-refractivity contribution in [2.24, 2.45) is 0 Å². The van der Waals surface area contributed by atoms with Crippen LogP contribution < -0.4 is 15.1 Å². The quantitative estimate of drug-likeness (QED) is 0.475. The molecule has 1 N–H and O–H groups in total. The minimum atomic E-state index is -0.499. The second-order valence-corrected chi connectivity index (χ2v) is 8.46. The van der Waals surface area contributed by atoms with Crippen LogP contribution in [0.15, 0.2) is 49.4 Å². The molecule has 0 fully saturated rings. The highest BCUT2D eigenvalue weighted by Gasteiger charge is 2.45. The molecule has 27 heavy (non-hydrogen) atoms. The fraction of sp³-hybridized carbons (Fsp3) is 0.222. The number of anilines is 1. The average molecular weight is 464 g/mol. The third-order valence-electron chi connectivity index (χ3n) is 4.42. The topological polar surface area (TPSA) is 69.9 Å². The molecule has 1 atom stereocenters. The fourth-order valence-corrected chi connectivity index (χ4v) is 4.65. The summed E-state index contributed by atoms with van der Waals surface area (Å²) in [5.74, 6) is -0.0271. The van der Waals surface area contributed by atoms with Gasteiger partial charge in [0.2, 0.25) is 11.1 Å². The number of aromatic amines is 1. The van der Waals surface area contributed by atoms with Gasteiger partial charge >= 0.3 is 11.3 Å². The van der Waals surface area contributed by atoms with Gasteiger partial charge in [-0.25, -0.2) is 4.90 Å². The first kappa shape index (κ1) is 18.4. The minimum absolute atomic E-state index is 0.0271. The molecule has 1 aliphatic rings. The zero-order valence-electron chi connectivity index (χ0n) is 14.6. The minimum Gasteiger partial charge on any atom is -0.291 e. The Morgan fingerprint density at radius 1 is 1.44 bits per heavy atom. The van der Waals surface area contributed by atoms with Crippen molar-refractivity contribution in [1.82, 2.24) is 10.1 Å². The van der Waals surface area contributed by atoms with E-state index in [9.17, 15) is 9.59 Å². The maximum absolute atomic E-state index is 13.0. The van der Waals surface area contributed by atoms with Gasteiger partial charge in [-0.2, -0.15) is 11.3 Å². The molecule has 1 aromatic carbocycles. The van der Waals surface area contributed by atoms with E-state index in [1.165, 1.54) is 11.8 Å². The number of H-pyrrole nitrogens is 1. The smallest absolute Gasteiger partial charge is 0.291 e. The van der Waals surface area contributed by atoms with Crippen molar-refractivity contribution in [3.63, 3.8) is 0 Å². The van der Waals surface area contributed by atoms with Crippen LogP contribution in [-0.4, -0.2) is 22.2 Å². The molecule has 3 heterocycles. The Bertz CT molecular complexity index is 1080. The van der Waals surface area contributed by atoms with E-state index in [0.29, 0.717) is 28.5 Å². The van der Waals surface area contributed by atoms with Crippen LogP contribution >= 0.6 is 39.0 Å². The third-order valence-corrected chi connectivity index (χ3v) is 6.18. The number of carbonyl (C=O) groups is 1. The first-order valence-electron chi connectivity index (χ1n) is 8.29. The summed E-state index contributed by atoms with van der Waals surface area (Å²) >= 11 is 6.38. The summed E-state index contributed by atoms with van der Waals surface area (Å²) in [4.78, 5) is 30.5. The van der Waals surface area contributed by atoms with Crippen LogP contribution in [0.2, 0.25) is 0 Å². The zero-order valence-corrected chi connectivity index (χ0v) is 17.8. The van der Waals surface area contributed by atoms with Crippen LogP contribution in [0.5, 0.6) is 0 Å². The Hall–Kier alpha value is -1.97. The maximum Gasteiger partial charge on any atom is 0.325 e. The second-order valence-electron chi connectivity index (χ2n) is 5.97. The first-order valence-corrected chi connectivity index (χ1v) is 11.3. The van der Waals surface area contributed by atoms with Gasteiger partial charge in [-0.3, -0.25) is 14.6 Å². The van der Waals surface area contributed by atoms with Gasteiger partial charge in [-0.05, 0) is 40.6 Å². The number of nitrogens with one attached hydrogen (secondary N) is 1. The van der Waals surface area contributed by atoms with Crippen molar-refractivity contribution in [3.05, 3.63) is 55.4 Å². The van der Waals surface area contributed by atoms with E-state index in [1.54, 1.807) is 20.9 Å². The number of fused-ring (bicyclic) bond motifs is 3. The number of nitrogens with zero attached hydrogens (tertiary/aromatic N) is 3. The van der Waals surface area contributed by atoms with Crippen LogP contribution in [0.1, 0.15) is 25.1 Å². The van der Waals surface area contributed by atoms with Crippen LogP contribution in [0.4, 0.5) is 5.69 Å². The molecule has 0 bridgehead atoms. The molecule has 0 spiro atoms. The summed E-state index contributed by atoms with van der Waals surface area (Å²) < 4.78 is 2.51. The number of thiophene rings is 1. The molecule has 1 amide bonds. The average Bonchev–Trinajstić information content (AvgIpc) is 3.19. The number of aromatic nitrogens is 3. The van der Waals surface area contributed by atoms with Gasteiger partial charge in [0.15, 0.2) is 0 Å². The van der Waals surface area contributed by atoms with E-state index < -0.39 is 6.17 Å². The van der Waals surface area contributed by atoms with Crippen LogP contribution in [0.3, 0.4) is 0 Å². The molecule has 0 aliphatic carbocycles. The van der Waals surface area contributed by atoms with Crippen molar-refractivity contribution in [1.29, 1.82) is 0 Å². The van der Waals surface area contributed by atoms with Gasteiger partial charge in [0, 0.05) is 21.4 Å². The van der Waals surface area contributed by atoms with Gasteiger partial charge < -0.3 is 0 Å². The van der Waals surface area contributed by atoms with Gasteiger partial charge in [0.25, 0.3) is 6.17 Å². The molecule has 1 unspecified atom stereocenters. The van der Waals surface area contributed by atoms with Crippen molar-refractivity contribution in [3.8, 4) is 11.3 Å². The van der Waals surface area contributed by atoms with Gasteiger partial charge in [-0.1, -0.05) is 34.6 Å². The molecule has 1 aliphatic heterocycles. The Morgan fingerprint density at radius 2 is 2.26 bits per heavy atom. The predicted octanol–water partition coefficient (Wildman–Crippen LogP) is 3.57. The third kappa shape index (κ3) is 3.03. The lowest BCUT2D eigenvalue weighted by Crippen LogP contribution is -2.60. The largest absolute Gasteiger partial charge is 0.325 e. The fourth-order valence-electron chi connectivity index (χ4n) is 3.25. The van der Waals surface area contributed by atoms with Gasteiger partial charge in [0.1, 0.15) is 0 Å². The molecular formula is C18H16BrN4O2S2+. The standard InChI is InChI=1S/C18H15BrN4O2S2/c1-3-14(24)22-13-5-4-11(19)8-12(13)15-16(25)20-18(26-2)21-23(15)17(22)10-6-7-27-9-10/h4-9,17H,3H2,1-2H3/p+1. The molecule has 4 rings (SSSR count). The molecular weight excluding hydrogens is 448 g/mol. The highest BCUT2D eigenvalue weighted by Crippen LogP contribution is 2.39. The number of carbonyl (C=O) groups excluding carboxylic acids is 1. The van der Waals surface area contributed by atoms with E-state index in [0.717, 1.165) is 10.0 Å². The summed E-state index contributed by atoms with van der Waals surface area (Å²) in [7, 11) is 0. The van der Waals surface area contributed by atoms with E-state index in [4.69, 9.17) is 0 Å². The van der Waals surface area contributed by atoms with Crippen molar-refractivity contribution < 1.29 is 9.48 Å². The summed E-state index contributed by atoms with van der Waals surface area (Å²) in [5.41, 5.74) is 2.54. The highest BCUT2D eigenvalue weighted by molar-refractivity contribution is 9.10. The van der Waals surface area contributed by atoms with Crippen molar-refractivity contribution in [2.45, 2.75) is 24.7 Å². The maximum atomic E-state index is 13.0. The lowest BCUT2D eigenvalue weighted by molar-refractivity contribution is -0.763. The molecule has 138 valence electrons. The summed E-state index contributed by atoms with van der Waals surface area (Å²) in [6, 6.07) is 7.58. The van der Waals surface area contributed by atoms with E-state index in [2.05, 4.69) is 26.0 Å². The number of rotatable bonds is 3. The number of amides is 1. The summed E-state index contributed by atoms with van der Waals surface area (Å²) in [6.07, 6.45) is 1.71. The number of hydrogen-bond donors (Lipinski definition) is 1. The number of thioether (sulfide) groups is 1. The Morgan fingerprint density at radius 3 is 2.93 bits per heavy atom. The molecule has 3 aromatic rings. The Labute approximate surface area is 172 Å². The molecule has 2 aromatic heterocycles. The second kappa shape index (κ2) is 7.21. The molecule has 6 nitrogen and oxygen atoms in total. The molecule has 0 saturated carbocycles. The number of halogens is 1. The number of hydrogen-bond acceptors (Lipinski definition) is 5. The molecule has 0 radical (unpaired) electrons. The van der Waals surface area contributed by atoms with Crippen molar-refractivity contribution >= 4 is 50.6 Å². The summed E-state index contributed by atoms with van der Waals surface area (Å²) in [6.45, 7) is 1.84. The lowest BCUT2D eigenvalue weighted by atomic mass is 10.0. The SMILES string of the molecule is CCC(=O)N1c2ccc(Br)cc2-c2c(=O)[nH]c(SC)n[n+]2C1c1ccsc1. The number of benzene rings is 1. The van der Waals surface area contributed by atoms with Gasteiger partial charge in [-0.15, -0.1) is 0 Å². The lowest BCUT2D eigenvalue weighted by Gasteiger charge is -2.31. The monoisotopic (exact) mass is 463 g/mol. The van der Waals surface area contributed by atoms with Crippen LogP contribution in [0.25, 0.3) is 11.3 Å². The van der Waals surface area contributed by atoms with E-state index >= 15 is 0 Å². The zero-order chi connectivity index (χ0) is 19.1. The van der Waals surface area contributed by atoms with E-state index in [1.807, 2.05) is 48.2 Å². The first-order chi connectivity index (χ1) is 13.0. The van der Waals surface area contributed by atoms with Crippen LogP contribution in [0, 0.1) is 0 Å². The van der Waals surface area contributed by atoms with E-state index in [-0.39, 0.29) is 11.5 Å². The summed E-state index contributed by atoms with van der Waals surface area (Å²) in [5, 5.41) is 9.10. The molecule has 0 saturated heterocycles. The Kier molecular flexibility index (Phi) is 4.92. The molecule has 9 heteroatoms. The van der Waals surface area contributed by atoms with Gasteiger partial charge in [0.05, 0.1) is 16.8 Å². The predicted molar refractivity (Wildman–Crippen MR) is 110 cm³/mol. The normalized spacial score (nSPS) is 15.4. The highest BCUT2D eigenvalue weighted by atomic mass is 79.9.